The van der Waals surface area contributed by atoms with Gasteiger partial charge in [0.25, 0.3) is 0 Å². The Labute approximate surface area is 150 Å². The van der Waals surface area contributed by atoms with E-state index >= 15 is 0 Å². The van der Waals surface area contributed by atoms with Gasteiger partial charge in [-0.1, -0.05) is 93.1 Å². The van der Waals surface area contributed by atoms with Crippen LogP contribution in [0.1, 0.15) is 110 Å². The molecule has 0 amide bonds. The Hall–Kier alpha value is -0.980. The second-order valence-corrected chi connectivity index (χ2v) is 9.36. The summed E-state index contributed by atoms with van der Waals surface area (Å²) in [6.45, 7) is 15.9. The molecule has 0 fully saturated rings. The minimum atomic E-state index is 0.0534. The van der Waals surface area contributed by atoms with E-state index < -0.39 is 0 Å². The first-order chi connectivity index (χ1) is 11.1. The van der Waals surface area contributed by atoms with Crippen molar-refractivity contribution < 1.29 is 5.11 Å². The lowest BCUT2D eigenvalue weighted by atomic mass is 9.72. The van der Waals surface area contributed by atoms with Gasteiger partial charge in [-0.2, -0.15) is 0 Å². The Morgan fingerprint density at radius 2 is 1.29 bits per heavy atom. The van der Waals surface area contributed by atoms with Crippen LogP contribution in [0.25, 0.3) is 0 Å². The Bertz CT molecular complexity index is 500. The molecule has 0 unspecified atom stereocenters. The van der Waals surface area contributed by atoms with E-state index in [1.807, 2.05) is 6.07 Å². The van der Waals surface area contributed by atoms with Gasteiger partial charge in [0.1, 0.15) is 5.75 Å². The van der Waals surface area contributed by atoms with Crippen LogP contribution >= 0.6 is 0 Å². The van der Waals surface area contributed by atoms with Crippen LogP contribution in [0.4, 0.5) is 0 Å². The summed E-state index contributed by atoms with van der Waals surface area (Å²) in [6, 6.07) is 4.04. The summed E-state index contributed by atoms with van der Waals surface area (Å²) >= 11 is 0. The average Bonchev–Trinajstić information content (AvgIpc) is 2.45. The molecule has 1 rings (SSSR count). The van der Waals surface area contributed by atoms with Gasteiger partial charge >= 0.3 is 0 Å². The van der Waals surface area contributed by atoms with Crippen molar-refractivity contribution in [1.29, 1.82) is 0 Å². The fraction of sp³-hybridized carbons (Fsp3) is 0.739. The second-order valence-electron chi connectivity index (χ2n) is 9.36. The maximum Gasteiger partial charge on any atom is 0.119 e. The van der Waals surface area contributed by atoms with Gasteiger partial charge in [-0.15, -0.1) is 0 Å². The fourth-order valence-corrected chi connectivity index (χ4v) is 3.63. The van der Waals surface area contributed by atoms with Crippen molar-refractivity contribution in [3.63, 3.8) is 0 Å². The second kappa shape index (κ2) is 8.92. The molecule has 0 atom stereocenters. The normalized spacial score (nSPS) is 12.6. The van der Waals surface area contributed by atoms with Crippen LogP contribution in [0, 0.1) is 0 Å². The van der Waals surface area contributed by atoms with Crippen LogP contribution in [0.2, 0.25) is 0 Å². The van der Waals surface area contributed by atoms with E-state index in [0.717, 1.165) is 6.42 Å². The van der Waals surface area contributed by atoms with E-state index in [0.29, 0.717) is 5.75 Å². The Kier molecular flexibility index (Phi) is 7.83. The number of hydrogen-bond acceptors (Lipinski definition) is 1. The van der Waals surface area contributed by atoms with Crippen molar-refractivity contribution in [2.75, 3.05) is 0 Å². The summed E-state index contributed by atoms with van der Waals surface area (Å²) in [7, 11) is 0. The van der Waals surface area contributed by atoms with Crippen LogP contribution in [0.15, 0.2) is 12.1 Å². The third-order valence-corrected chi connectivity index (χ3v) is 4.88. The molecule has 0 saturated carbocycles. The van der Waals surface area contributed by atoms with E-state index in [2.05, 4.69) is 54.5 Å². The molecule has 0 aliphatic heterocycles. The van der Waals surface area contributed by atoms with Crippen LogP contribution in [0.3, 0.4) is 0 Å². The largest absolute Gasteiger partial charge is 0.508 e. The first kappa shape index (κ1) is 21.1. The van der Waals surface area contributed by atoms with Crippen molar-refractivity contribution in [2.24, 2.45) is 0 Å². The van der Waals surface area contributed by atoms with Gasteiger partial charge in [-0.3, -0.25) is 0 Å². The molecule has 0 bridgehead atoms. The highest BCUT2D eigenvalue weighted by atomic mass is 16.3. The molecule has 138 valence electrons. The Balaban J connectivity index is 2.89. The first-order valence-electron chi connectivity index (χ1n) is 9.94. The van der Waals surface area contributed by atoms with Crippen molar-refractivity contribution in [2.45, 2.75) is 111 Å². The third kappa shape index (κ3) is 6.15. The molecule has 0 heterocycles. The van der Waals surface area contributed by atoms with Gasteiger partial charge in [-0.25, -0.2) is 0 Å². The number of benzene rings is 1. The smallest absolute Gasteiger partial charge is 0.119 e. The van der Waals surface area contributed by atoms with Crippen molar-refractivity contribution in [3.05, 3.63) is 28.8 Å². The minimum Gasteiger partial charge on any atom is -0.508 e. The fourth-order valence-electron chi connectivity index (χ4n) is 3.63. The topological polar surface area (TPSA) is 20.2 Å². The number of unbranched alkanes of at least 4 members (excludes halogenated alkanes) is 6. The van der Waals surface area contributed by atoms with E-state index in [1.54, 1.807) is 0 Å². The summed E-state index contributed by atoms with van der Waals surface area (Å²) in [4.78, 5) is 0. The molecular weight excluding hydrogens is 292 g/mol. The quantitative estimate of drug-likeness (QED) is 0.496. The summed E-state index contributed by atoms with van der Waals surface area (Å²) in [6.07, 6.45) is 10.2. The van der Waals surface area contributed by atoms with Gasteiger partial charge in [0.05, 0.1) is 0 Å². The molecule has 1 heteroatoms. The average molecular weight is 333 g/mol. The zero-order valence-electron chi connectivity index (χ0n) is 17.3. The standard InChI is InChI=1S/C23H40O/c1-8-9-10-11-12-13-14-15-18-20(24)17-16-19(22(2,3)4)21(18)23(5,6)7/h16-17,24H,8-15H2,1-7H3. The summed E-state index contributed by atoms with van der Waals surface area (Å²) in [5.74, 6) is 0.485. The van der Waals surface area contributed by atoms with Crippen molar-refractivity contribution in [3.8, 4) is 5.75 Å². The maximum absolute atomic E-state index is 10.5. The Morgan fingerprint density at radius 1 is 0.750 bits per heavy atom. The van der Waals surface area contributed by atoms with E-state index in [-0.39, 0.29) is 10.8 Å². The molecule has 1 N–H and O–H groups in total. The summed E-state index contributed by atoms with van der Waals surface area (Å²) < 4.78 is 0. The molecule has 1 aromatic carbocycles. The summed E-state index contributed by atoms with van der Waals surface area (Å²) in [5.41, 5.74) is 4.08. The van der Waals surface area contributed by atoms with Gasteiger partial charge in [0.2, 0.25) is 0 Å². The summed E-state index contributed by atoms with van der Waals surface area (Å²) in [5, 5.41) is 10.5. The van der Waals surface area contributed by atoms with Crippen molar-refractivity contribution in [1.82, 2.24) is 0 Å². The highest BCUT2D eigenvalue weighted by molar-refractivity contribution is 5.50. The highest BCUT2D eigenvalue weighted by Crippen LogP contribution is 2.40. The first-order valence-corrected chi connectivity index (χ1v) is 9.94. The zero-order chi connectivity index (χ0) is 18.4. The van der Waals surface area contributed by atoms with E-state index in [1.165, 1.54) is 61.6 Å². The maximum atomic E-state index is 10.5. The lowest BCUT2D eigenvalue weighted by Gasteiger charge is -2.33. The number of aromatic hydroxyl groups is 1. The van der Waals surface area contributed by atoms with Gasteiger partial charge < -0.3 is 5.11 Å². The van der Waals surface area contributed by atoms with Crippen molar-refractivity contribution >= 4 is 0 Å². The van der Waals surface area contributed by atoms with Crippen LogP contribution in [-0.4, -0.2) is 5.11 Å². The highest BCUT2D eigenvalue weighted by Gasteiger charge is 2.28. The lowest BCUT2D eigenvalue weighted by Crippen LogP contribution is -2.24. The predicted molar refractivity (Wildman–Crippen MR) is 107 cm³/mol. The molecule has 0 aliphatic carbocycles. The lowest BCUT2D eigenvalue weighted by molar-refractivity contribution is 0.453. The number of rotatable bonds is 8. The molecule has 0 aromatic heterocycles. The van der Waals surface area contributed by atoms with Crippen LogP contribution in [0.5, 0.6) is 5.75 Å². The molecule has 0 saturated heterocycles. The van der Waals surface area contributed by atoms with Gasteiger partial charge in [0, 0.05) is 0 Å². The zero-order valence-corrected chi connectivity index (χ0v) is 17.3. The number of phenolic OH excluding ortho intramolecular Hbond substituents is 1. The number of hydrogen-bond donors (Lipinski definition) is 1. The SMILES string of the molecule is CCCCCCCCCc1c(O)ccc(C(C)(C)C)c1C(C)(C)C. The monoisotopic (exact) mass is 332 g/mol. The molecule has 0 spiro atoms. The molecule has 24 heavy (non-hydrogen) atoms. The van der Waals surface area contributed by atoms with Gasteiger partial charge in [0.15, 0.2) is 0 Å². The van der Waals surface area contributed by atoms with Crippen LogP contribution < -0.4 is 0 Å². The van der Waals surface area contributed by atoms with E-state index in [9.17, 15) is 5.11 Å². The Morgan fingerprint density at radius 3 is 1.79 bits per heavy atom. The molecule has 0 radical (unpaired) electrons. The molecule has 0 aliphatic rings. The molecule has 1 aromatic rings. The third-order valence-electron chi connectivity index (χ3n) is 4.88. The van der Waals surface area contributed by atoms with Gasteiger partial charge in [-0.05, 0) is 46.4 Å². The molecule has 1 nitrogen and oxygen atoms in total. The number of phenols is 1. The predicted octanol–water partition coefficient (Wildman–Crippen LogP) is 7.28. The minimum absolute atomic E-state index is 0.0534. The molecular formula is C23H40O. The van der Waals surface area contributed by atoms with E-state index in [4.69, 9.17) is 0 Å². The van der Waals surface area contributed by atoms with Crippen LogP contribution in [-0.2, 0) is 17.3 Å².